The van der Waals surface area contributed by atoms with Gasteiger partial charge in [-0.15, -0.1) is 0 Å². The minimum absolute atomic E-state index is 0.335. The van der Waals surface area contributed by atoms with Crippen LogP contribution in [0.4, 0.5) is 0 Å². The van der Waals surface area contributed by atoms with Crippen LogP contribution in [0.3, 0.4) is 0 Å². The molecule has 4 heteroatoms. The second-order valence-electron chi connectivity index (χ2n) is 3.82. The average molecular weight is 200 g/mol. The Morgan fingerprint density at radius 1 is 1.46 bits per heavy atom. The first-order valence-electron chi connectivity index (χ1n) is 4.92. The fourth-order valence-electron chi connectivity index (χ4n) is 2.32. The normalized spacial score (nSPS) is 35.4. The van der Waals surface area contributed by atoms with Gasteiger partial charge in [-0.1, -0.05) is 12.2 Å². The number of nitrogens with zero attached hydrogens (tertiary/aromatic N) is 1. The van der Waals surface area contributed by atoms with Crippen LogP contribution < -0.4 is 5.73 Å². The second-order valence-corrected chi connectivity index (χ2v) is 4.29. The molecule has 0 bridgehead atoms. The van der Waals surface area contributed by atoms with Crippen LogP contribution in [0.1, 0.15) is 19.3 Å². The fourth-order valence-corrected chi connectivity index (χ4v) is 2.57. The van der Waals surface area contributed by atoms with Crippen molar-refractivity contribution in [3.05, 3.63) is 0 Å². The summed E-state index contributed by atoms with van der Waals surface area (Å²) in [5.74, 6) is 0. The maximum absolute atomic E-state index is 5.70. The molecule has 2 aliphatic rings. The molecule has 0 aliphatic carbocycles. The highest BCUT2D eigenvalue weighted by molar-refractivity contribution is 7.80. The molecule has 2 fully saturated rings. The Kier molecular flexibility index (Phi) is 2.81. The van der Waals surface area contributed by atoms with Crippen molar-refractivity contribution in [2.45, 2.75) is 31.3 Å². The van der Waals surface area contributed by atoms with Gasteiger partial charge in [-0.05, 0) is 25.8 Å². The van der Waals surface area contributed by atoms with E-state index in [2.05, 4.69) is 4.90 Å². The number of nitrogens with two attached hydrogens (primary N) is 1. The Labute approximate surface area is 84.2 Å². The minimum Gasteiger partial charge on any atom is -0.392 e. The first-order valence-corrected chi connectivity index (χ1v) is 5.32. The van der Waals surface area contributed by atoms with Crippen LogP contribution in [-0.2, 0) is 4.74 Å². The van der Waals surface area contributed by atoms with Crippen LogP contribution in [0.25, 0.3) is 0 Å². The van der Waals surface area contributed by atoms with Gasteiger partial charge < -0.3 is 10.5 Å². The quantitative estimate of drug-likeness (QED) is 0.660. The van der Waals surface area contributed by atoms with E-state index in [9.17, 15) is 0 Å². The average Bonchev–Trinajstić information content (AvgIpc) is 2.74. The summed E-state index contributed by atoms with van der Waals surface area (Å²) in [4.78, 5) is 3.08. The van der Waals surface area contributed by atoms with Crippen molar-refractivity contribution in [3.8, 4) is 0 Å². The van der Waals surface area contributed by atoms with Crippen molar-refractivity contribution in [3.63, 3.8) is 0 Å². The van der Waals surface area contributed by atoms with Crippen molar-refractivity contribution in [2.75, 3.05) is 19.8 Å². The summed E-state index contributed by atoms with van der Waals surface area (Å²) in [5.41, 5.74) is 5.70. The van der Waals surface area contributed by atoms with Gasteiger partial charge in [0.1, 0.15) is 0 Å². The van der Waals surface area contributed by atoms with E-state index in [1.807, 2.05) is 0 Å². The summed E-state index contributed by atoms with van der Waals surface area (Å²) in [6.45, 7) is 2.89. The van der Waals surface area contributed by atoms with E-state index < -0.39 is 0 Å². The zero-order valence-corrected chi connectivity index (χ0v) is 8.55. The van der Waals surface area contributed by atoms with E-state index in [1.165, 1.54) is 6.42 Å². The topological polar surface area (TPSA) is 38.5 Å². The SMILES string of the molecule is NC(=S)C1CCCN1C1CCOC1. The molecule has 0 radical (unpaired) electrons. The predicted octanol–water partition coefficient (Wildman–Crippen LogP) is 0.526. The molecule has 0 saturated carbocycles. The van der Waals surface area contributed by atoms with Gasteiger partial charge in [0.2, 0.25) is 0 Å². The number of likely N-dealkylation sites (tertiary alicyclic amines) is 1. The Hall–Kier alpha value is -0.190. The largest absolute Gasteiger partial charge is 0.392 e. The number of rotatable bonds is 2. The van der Waals surface area contributed by atoms with Crippen LogP contribution in [0.2, 0.25) is 0 Å². The number of ether oxygens (including phenoxy) is 1. The molecular weight excluding hydrogens is 184 g/mol. The second kappa shape index (κ2) is 3.90. The number of hydrogen-bond donors (Lipinski definition) is 1. The predicted molar refractivity (Wildman–Crippen MR) is 55.7 cm³/mol. The third-order valence-corrected chi connectivity index (χ3v) is 3.27. The number of thiocarbonyl (C=S) groups is 1. The maximum atomic E-state index is 5.70. The standard InChI is InChI=1S/C9H16N2OS/c10-9(13)8-2-1-4-11(8)7-3-5-12-6-7/h7-8H,1-6H2,(H2,10,13). The lowest BCUT2D eigenvalue weighted by atomic mass is 10.1. The van der Waals surface area contributed by atoms with Crippen molar-refractivity contribution in [2.24, 2.45) is 5.73 Å². The van der Waals surface area contributed by atoms with Crippen LogP contribution in [0.5, 0.6) is 0 Å². The Morgan fingerprint density at radius 2 is 2.31 bits per heavy atom. The lowest BCUT2D eigenvalue weighted by Crippen LogP contribution is -2.45. The third-order valence-electron chi connectivity index (χ3n) is 3.00. The van der Waals surface area contributed by atoms with Gasteiger partial charge in [0.25, 0.3) is 0 Å². The first kappa shape index (κ1) is 9.37. The molecule has 2 saturated heterocycles. The molecule has 2 N–H and O–H groups in total. The Balaban J connectivity index is 2.00. The van der Waals surface area contributed by atoms with Crippen LogP contribution in [-0.4, -0.2) is 41.7 Å². The monoisotopic (exact) mass is 200 g/mol. The molecule has 0 aromatic rings. The summed E-state index contributed by atoms with van der Waals surface area (Å²) in [5, 5.41) is 0. The summed E-state index contributed by atoms with van der Waals surface area (Å²) in [6, 6.07) is 0.899. The molecular formula is C9H16N2OS. The minimum atomic E-state index is 0.335. The fraction of sp³-hybridized carbons (Fsp3) is 0.889. The Morgan fingerprint density at radius 3 is 2.92 bits per heavy atom. The molecule has 3 nitrogen and oxygen atoms in total. The highest BCUT2D eigenvalue weighted by atomic mass is 32.1. The van der Waals surface area contributed by atoms with Gasteiger partial charge in [-0.2, -0.15) is 0 Å². The van der Waals surface area contributed by atoms with Gasteiger partial charge in [-0.25, -0.2) is 0 Å². The molecule has 13 heavy (non-hydrogen) atoms. The molecule has 74 valence electrons. The van der Waals surface area contributed by atoms with Gasteiger partial charge in [0.15, 0.2) is 0 Å². The molecule has 2 unspecified atom stereocenters. The van der Waals surface area contributed by atoms with Crippen LogP contribution in [0, 0.1) is 0 Å². The van der Waals surface area contributed by atoms with E-state index in [0.717, 1.165) is 32.6 Å². The van der Waals surface area contributed by atoms with Crippen molar-refractivity contribution in [1.82, 2.24) is 4.90 Å². The molecule has 2 rings (SSSR count). The molecule has 2 atom stereocenters. The summed E-state index contributed by atoms with van der Waals surface area (Å²) in [7, 11) is 0. The van der Waals surface area contributed by atoms with E-state index in [1.54, 1.807) is 0 Å². The lowest BCUT2D eigenvalue weighted by Gasteiger charge is -2.28. The lowest BCUT2D eigenvalue weighted by molar-refractivity contribution is 0.150. The van der Waals surface area contributed by atoms with Crippen molar-refractivity contribution < 1.29 is 4.74 Å². The van der Waals surface area contributed by atoms with Gasteiger partial charge in [0.05, 0.1) is 17.6 Å². The summed E-state index contributed by atoms with van der Waals surface area (Å²) < 4.78 is 5.37. The van der Waals surface area contributed by atoms with E-state index in [-0.39, 0.29) is 0 Å². The maximum Gasteiger partial charge on any atom is 0.0902 e. The zero-order chi connectivity index (χ0) is 9.26. The Bertz CT molecular complexity index is 204. The molecule has 2 heterocycles. The van der Waals surface area contributed by atoms with Gasteiger partial charge in [-0.3, -0.25) is 4.90 Å². The molecule has 0 aromatic carbocycles. The smallest absolute Gasteiger partial charge is 0.0902 e. The van der Waals surface area contributed by atoms with E-state index in [0.29, 0.717) is 17.1 Å². The highest BCUT2D eigenvalue weighted by Gasteiger charge is 2.33. The van der Waals surface area contributed by atoms with Crippen LogP contribution in [0.15, 0.2) is 0 Å². The number of hydrogen-bond acceptors (Lipinski definition) is 3. The molecule has 0 aromatic heterocycles. The summed E-state index contributed by atoms with van der Waals surface area (Å²) in [6.07, 6.45) is 3.49. The van der Waals surface area contributed by atoms with E-state index in [4.69, 9.17) is 22.7 Å². The van der Waals surface area contributed by atoms with Gasteiger partial charge >= 0.3 is 0 Å². The highest BCUT2D eigenvalue weighted by Crippen LogP contribution is 2.24. The van der Waals surface area contributed by atoms with Gasteiger partial charge in [0, 0.05) is 12.6 Å². The van der Waals surface area contributed by atoms with Crippen LogP contribution >= 0.6 is 12.2 Å². The van der Waals surface area contributed by atoms with Crippen molar-refractivity contribution >= 4 is 17.2 Å². The third kappa shape index (κ3) is 1.85. The van der Waals surface area contributed by atoms with E-state index >= 15 is 0 Å². The molecule has 2 aliphatic heterocycles. The first-order chi connectivity index (χ1) is 6.29. The molecule has 0 spiro atoms. The summed E-state index contributed by atoms with van der Waals surface area (Å²) >= 11 is 5.06. The zero-order valence-electron chi connectivity index (χ0n) is 7.74. The van der Waals surface area contributed by atoms with Crippen molar-refractivity contribution in [1.29, 1.82) is 0 Å². The molecule has 0 amide bonds.